The van der Waals surface area contributed by atoms with Crippen molar-refractivity contribution in [2.45, 2.75) is 126 Å². The van der Waals surface area contributed by atoms with E-state index < -0.39 is 0 Å². The second-order valence-electron chi connectivity index (χ2n) is 9.75. The minimum absolute atomic E-state index is 0.906. The molecule has 0 aliphatic rings. The van der Waals surface area contributed by atoms with Crippen LogP contribution < -0.4 is 0 Å². The van der Waals surface area contributed by atoms with Gasteiger partial charge in [-0.05, 0) is 112 Å². The minimum Gasteiger partial charge on any atom is -0.381 e. The second-order valence-corrected chi connectivity index (χ2v) is 9.75. The number of allylic oxidation sites excluding steroid dienone is 10. The third kappa shape index (κ3) is 21.9. The summed E-state index contributed by atoms with van der Waals surface area (Å²) in [4.78, 5) is 0. The molecule has 0 heterocycles. The molecule has 0 N–H and O–H groups in total. The first-order chi connectivity index (χ1) is 15.3. The fourth-order valence-electron chi connectivity index (χ4n) is 3.55. The molecule has 32 heavy (non-hydrogen) atoms. The van der Waals surface area contributed by atoms with E-state index in [2.05, 4.69) is 78.8 Å². The van der Waals surface area contributed by atoms with E-state index in [1.165, 1.54) is 98.5 Å². The van der Waals surface area contributed by atoms with Gasteiger partial charge in [0.1, 0.15) is 0 Å². The Kier molecular flexibility index (Phi) is 20.6. The Hall–Kier alpha value is -1.34. The lowest BCUT2D eigenvalue weighted by atomic mass is 10.0. The molecule has 0 spiro atoms. The Labute approximate surface area is 201 Å². The molecule has 0 unspecified atom stereocenters. The highest BCUT2D eigenvalue weighted by atomic mass is 16.5. The molecule has 0 aromatic heterocycles. The largest absolute Gasteiger partial charge is 0.381 e. The van der Waals surface area contributed by atoms with Crippen molar-refractivity contribution < 1.29 is 4.74 Å². The molecule has 0 fully saturated rings. The van der Waals surface area contributed by atoms with E-state index in [1.54, 1.807) is 0 Å². The Morgan fingerprint density at radius 1 is 0.500 bits per heavy atom. The quantitative estimate of drug-likeness (QED) is 0.143. The lowest BCUT2D eigenvalue weighted by Gasteiger charge is -2.04. The van der Waals surface area contributed by atoms with Crippen LogP contribution in [0.5, 0.6) is 0 Å². The van der Waals surface area contributed by atoms with Crippen LogP contribution in [0.15, 0.2) is 58.2 Å². The van der Waals surface area contributed by atoms with Crippen LogP contribution >= 0.6 is 0 Å². The molecule has 0 aliphatic carbocycles. The topological polar surface area (TPSA) is 9.23 Å². The van der Waals surface area contributed by atoms with Gasteiger partial charge in [0.2, 0.25) is 0 Å². The number of rotatable bonds is 19. The second kappa shape index (κ2) is 21.5. The first-order valence-corrected chi connectivity index (χ1v) is 13.2. The van der Waals surface area contributed by atoms with Gasteiger partial charge in [0.25, 0.3) is 0 Å². The van der Waals surface area contributed by atoms with Crippen molar-refractivity contribution in [1.29, 1.82) is 0 Å². The third-order valence-electron chi connectivity index (χ3n) is 5.81. The molecule has 1 nitrogen and oxygen atoms in total. The predicted octanol–water partition coefficient (Wildman–Crippen LogP) is 10.5. The van der Waals surface area contributed by atoms with Gasteiger partial charge in [-0.1, -0.05) is 71.6 Å². The smallest absolute Gasteiger partial charge is 0.0469 e. The highest BCUT2D eigenvalue weighted by Crippen LogP contribution is 2.14. The Bertz CT molecular complexity index is 608. The Balaban J connectivity index is 3.95. The van der Waals surface area contributed by atoms with E-state index in [-0.39, 0.29) is 0 Å². The predicted molar refractivity (Wildman–Crippen MR) is 146 cm³/mol. The fourth-order valence-corrected chi connectivity index (χ4v) is 3.55. The van der Waals surface area contributed by atoms with Crippen LogP contribution in [-0.2, 0) is 4.74 Å². The molecule has 184 valence electrons. The molecule has 0 aliphatic heterocycles. The van der Waals surface area contributed by atoms with Gasteiger partial charge < -0.3 is 4.74 Å². The summed E-state index contributed by atoms with van der Waals surface area (Å²) in [6.45, 7) is 17.5. The van der Waals surface area contributed by atoms with E-state index in [0.717, 1.165) is 19.6 Å². The van der Waals surface area contributed by atoms with Crippen molar-refractivity contribution in [1.82, 2.24) is 0 Å². The van der Waals surface area contributed by atoms with Crippen molar-refractivity contribution in [3.05, 3.63) is 58.2 Å². The maximum Gasteiger partial charge on any atom is 0.0469 e. The minimum atomic E-state index is 0.906. The lowest BCUT2D eigenvalue weighted by molar-refractivity contribution is 0.129. The molecule has 0 atom stereocenters. The van der Waals surface area contributed by atoms with Crippen LogP contribution in [0.1, 0.15) is 126 Å². The molecule has 0 amide bonds. The number of unbranched alkanes of at least 4 members (excludes halogenated alkanes) is 2. The van der Waals surface area contributed by atoms with Crippen molar-refractivity contribution in [2.75, 3.05) is 13.2 Å². The van der Waals surface area contributed by atoms with Crippen molar-refractivity contribution in [3.8, 4) is 0 Å². The van der Waals surface area contributed by atoms with Gasteiger partial charge >= 0.3 is 0 Å². The molecule has 0 saturated carbocycles. The zero-order valence-electron chi connectivity index (χ0n) is 22.7. The van der Waals surface area contributed by atoms with Gasteiger partial charge in [-0.2, -0.15) is 0 Å². The van der Waals surface area contributed by atoms with Crippen molar-refractivity contribution >= 4 is 0 Å². The van der Waals surface area contributed by atoms with Gasteiger partial charge in [0.15, 0.2) is 0 Å². The maximum absolute atomic E-state index is 5.65. The maximum atomic E-state index is 5.65. The van der Waals surface area contributed by atoms with E-state index in [0.29, 0.717) is 0 Å². The molecule has 1 heteroatoms. The van der Waals surface area contributed by atoms with Gasteiger partial charge in [0, 0.05) is 13.2 Å². The van der Waals surface area contributed by atoms with Crippen LogP contribution in [0.4, 0.5) is 0 Å². The molecule has 0 bridgehead atoms. The van der Waals surface area contributed by atoms with E-state index in [4.69, 9.17) is 4.74 Å². The molecule has 0 radical (unpaired) electrons. The van der Waals surface area contributed by atoms with Gasteiger partial charge in [0.05, 0.1) is 0 Å². The average molecular weight is 443 g/mol. The summed E-state index contributed by atoms with van der Waals surface area (Å²) in [5.74, 6) is 0. The monoisotopic (exact) mass is 442 g/mol. The molecular formula is C31H54O. The van der Waals surface area contributed by atoms with Gasteiger partial charge in [-0.25, -0.2) is 0 Å². The zero-order valence-corrected chi connectivity index (χ0v) is 22.7. The highest BCUT2D eigenvalue weighted by Gasteiger charge is 1.95. The van der Waals surface area contributed by atoms with Crippen LogP contribution in [0.2, 0.25) is 0 Å². The van der Waals surface area contributed by atoms with E-state index in [1.807, 2.05) is 0 Å². The standard InChI is InChI=1S/C31H54O/c1-8-9-25-32-26-15-24-31(7)23-14-21-29(5)18-11-10-17-28(4)20-13-22-30(6)19-12-16-27(2)3/h16-18,22-23H,8-15,19-21,24-26H2,1-7H3/b28-17+,29-18+,30-22+,31-23+. The summed E-state index contributed by atoms with van der Waals surface area (Å²) < 4.78 is 5.65. The Morgan fingerprint density at radius 3 is 1.38 bits per heavy atom. The normalized spacial score (nSPS) is 13.6. The lowest BCUT2D eigenvalue weighted by Crippen LogP contribution is -1.96. The summed E-state index contributed by atoms with van der Waals surface area (Å²) in [7, 11) is 0. The SMILES string of the molecule is CCCCOCCC/C(C)=C/CC/C(C)=C/CC/C=C(\C)CC/C=C(\C)CCC=C(C)C. The third-order valence-corrected chi connectivity index (χ3v) is 5.81. The molecular weight excluding hydrogens is 388 g/mol. The zero-order chi connectivity index (χ0) is 24.0. The van der Waals surface area contributed by atoms with Gasteiger partial charge in [-0.3, -0.25) is 0 Å². The van der Waals surface area contributed by atoms with Gasteiger partial charge in [-0.15, -0.1) is 0 Å². The summed E-state index contributed by atoms with van der Waals surface area (Å²) >= 11 is 0. The Morgan fingerprint density at radius 2 is 0.906 bits per heavy atom. The number of hydrogen-bond donors (Lipinski definition) is 0. The fraction of sp³-hybridized carbons (Fsp3) is 0.677. The average Bonchev–Trinajstić information content (AvgIpc) is 2.73. The summed E-state index contributed by atoms with van der Waals surface area (Å²) in [5, 5.41) is 0. The first-order valence-electron chi connectivity index (χ1n) is 13.2. The van der Waals surface area contributed by atoms with E-state index >= 15 is 0 Å². The summed E-state index contributed by atoms with van der Waals surface area (Å²) in [5.41, 5.74) is 7.51. The number of hydrogen-bond acceptors (Lipinski definition) is 1. The van der Waals surface area contributed by atoms with Crippen LogP contribution in [0.25, 0.3) is 0 Å². The number of ether oxygens (including phenoxy) is 1. The molecule has 0 saturated heterocycles. The molecule has 0 aromatic carbocycles. The van der Waals surface area contributed by atoms with E-state index in [9.17, 15) is 0 Å². The molecule has 0 rings (SSSR count). The summed E-state index contributed by atoms with van der Waals surface area (Å²) in [6, 6.07) is 0. The molecule has 0 aromatic rings. The highest BCUT2D eigenvalue weighted by molar-refractivity contribution is 5.07. The van der Waals surface area contributed by atoms with Crippen molar-refractivity contribution in [3.63, 3.8) is 0 Å². The van der Waals surface area contributed by atoms with Crippen LogP contribution in [0, 0.1) is 0 Å². The first kappa shape index (κ1) is 30.7. The van der Waals surface area contributed by atoms with Crippen molar-refractivity contribution in [2.24, 2.45) is 0 Å². The van der Waals surface area contributed by atoms with Crippen LogP contribution in [0.3, 0.4) is 0 Å². The summed E-state index contributed by atoms with van der Waals surface area (Å²) in [6.07, 6.45) is 26.2. The van der Waals surface area contributed by atoms with Crippen LogP contribution in [-0.4, -0.2) is 13.2 Å².